The maximum Gasteiger partial charge on any atom is 0.330 e. The molecule has 0 fully saturated rings. The molecule has 0 aliphatic carbocycles. The lowest BCUT2D eigenvalue weighted by Crippen LogP contribution is -2.57. The van der Waals surface area contributed by atoms with Crippen LogP contribution in [0.2, 0.25) is 0 Å². The van der Waals surface area contributed by atoms with Crippen molar-refractivity contribution < 1.29 is 19.8 Å². The van der Waals surface area contributed by atoms with Gasteiger partial charge in [0.15, 0.2) is 0 Å². The molecule has 5 nitrogen and oxygen atoms in total. The van der Waals surface area contributed by atoms with Crippen LogP contribution in [0.25, 0.3) is 0 Å². The average molecular weight is 233 g/mol. The predicted molar refractivity (Wildman–Crippen MR) is 58.9 cm³/mol. The monoisotopic (exact) mass is 233 g/mol. The Hall–Kier alpha value is -1.01. The van der Waals surface area contributed by atoms with Crippen molar-refractivity contribution >= 4 is 24.5 Å². The van der Waals surface area contributed by atoms with Gasteiger partial charge in [-0.15, -0.1) is 6.58 Å². The number of carbonyl (C=O) groups is 2. The van der Waals surface area contributed by atoms with E-state index in [1.807, 2.05) is 0 Å². The van der Waals surface area contributed by atoms with Crippen LogP contribution < -0.4 is 5.32 Å². The minimum absolute atomic E-state index is 0.104. The highest BCUT2D eigenvalue weighted by molar-refractivity contribution is 7.80. The van der Waals surface area contributed by atoms with Crippen molar-refractivity contribution in [3.05, 3.63) is 12.7 Å². The summed E-state index contributed by atoms with van der Waals surface area (Å²) in [6.07, 6.45) is 0.0535. The molecule has 86 valence electrons. The summed E-state index contributed by atoms with van der Waals surface area (Å²) >= 11 is 3.89. The predicted octanol–water partition coefficient (Wildman–Crippen LogP) is -0.187. The molecule has 3 N–H and O–H groups in total. The van der Waals surface area contributed by atoms with Crippen LogP contribution in [-0.4, -0.2) is 39.5 Å². The van der Waals surface area contributed by atoms with Gasteiger partial charge in [-0.05, 0) is 0 Å². The highest BCUT2D eigenvalue weighted by atomic mass is 32.1. The normalized spacial score (nSPS) is 16.2. The van der Waals surface area contributed by atoms with Gasteiger partial charge in [0, 0.05) is 19.1 Å². The zero-order chi connectivity index (χ0) is 12.1. The number of thiol groups is 1. The van der Waals surface area contributed by atoms with E-state index in [-0.39, 0.29) is 12.2 Å². The summed E-state index contributed by atoms with van der Waals surface area (Å²) < 4.78 is 0. The maximum atomic E-state index is 11.0. The molecule has 0 aliphatic heterocycles. The molecule has 0 heterocycles. The Kier molecular flexibility index (Phi) is 5.38. The first-order valence-electron chi connectivity index (χ1n) is 4.31. The SMILES string of the molecule is C=CC(O)C[C@@](CS)(NC(C)=O)C(=O)O. The van der Waals surface area contributed by atoms with Crippen LogP contribution in [0.3, 0.4) is 0 Å². The first kappa shape index (κ1) is 14.0. The molecule has 0 rings (SSSR count). The molecule has 0 bridgehead atoms. The zero-order valence-electron chi connectivity index (χ0n) is 8.43. The molecule has 6 heteroatoms. The Morgan fingerprint density at radius 2 is 2.20 bits per heavy atom. The molecule has 1 amide bonds. The van der Waals surface area contributed by atoms with Gasteiger partial charge in [-0.3, -0.25) is 4.79 Å². The Morgan fingerprint density at radius 3 is 2.47 bits per heavy atom. The quantitative estimate of drug-likeness (QED) is 0.378. The van der Waals surface area contributed by atoms with Gasteiger partial charge in [0.25, 0.3) is 0 Å². The summed E-state index contributed by atoms with van der Waals surface area (Å²) in [5.41, 5.74) is -1.55. The smallest absolute Gasteiger partial charge is 0.330 e. The lowest BCUT2D eigenvalue weighted by molar-refractivity contribution is -0.147. The summed E-state index contributed by atoms with van der Waals surface area (Å²) in [5, 5.41) is 20.6. The molecule has 0 spiro atoms. The van der Waals surface area contributed by atoms with Crippen molar-refractivity contribution in [2.24, 2.45) is 0 Å². The molecular weight excluding hydrogens is 218 g/mol. The van der Waals surface area contributed by atoms with Crippen LogP contribution in [0, 0.1) is 0 Å². The summed E-state index contributed by atoms with van der Waals surface area (Å²) in [7, 11) is 0. The van der Waals surface area contributed by atoms with E-state index in [2.05, 4.69) is 24.5 Å². The summed E-state index contributed by atoms with van der Waals surface area (Å²) in [5.74, 6) is -1.82. The zero-order valence-corrected chi connectivity index (χ0v) is 9.33. The first-order chi connectivity index (χ1) is 6.88. The standard InChI is InChI=1S/C9H15NO4S/c1-3-7(12)4-9(5-15,8(13)14)10-6(2)11/h3,7,12,15H,1,4-5H2,2H3,(H,10,11)(H,13,14)/t7?,9-/m0/s1. The molecule has 0 aliphatic rings. The highest BCUT2D eigenvalue weighted by Gasteiger charge is 2.39. The van der Waals surface area contributed by atoms with Gasteiger partial charge < -0.3 is 15.5 Å². The Balaban J connectivity index is 4.88. The fraction of sp³-hybridized carbons (Fsp3) is 0.556. The third-order valence-electron chi connectivity index (χ3n) is 1.92. The molecule has 2 atom stereocenters. The molecule has 0 radical (unpaired) electrons. The van der Waals surface area contributed by atoms with Crippen molar-refractivity contribution in [1.29, 1.82) is 0 Å². The van der Waals surface area contributed by atoms with E-state index < -0.39 is 23.5 Å². The van der Waals surface area contributed by atoms with E-state index in [9.17, 15) is 14.7 Å². The number of rotatable bonds is 6. The maximum absolute atomic E-state index is 11.0. The van der Waals surface area contributed by atoms with Crippen LogP contribution in [0.4, 0.5) is 0 Å². The molecule has 0 saturated carbocycles. The minimum atomic E-state index is -1.55. The molecule has 0 saturated heterocycles. The lowest BCUT2D eigenvalue weighted by Gasteiger charge is -2.29. The molecular formula is C9H15NO4S. The minimum Gasteiger partial charge on any atom is -0.479 e. The second kappa shape index (κ2) is 5.77. The number of carbonyl (C=O) groups excluding carboxylic acids is 1. The Morgan fingerprint density at radius 1 is 1.67 bits per heavy atom. The topological polar surface area (TPSA) is 86.6 Å². The second-order valence-corrected chi connectivity index (χ2v) is 3.55. The number of hydrogen-bond donors (Lipinski definition) is 4. The second-order valence-electron chi connectivity index (χ2n) is 3.23. The van der Waals surface area contributed by atoms with E-state index in [1.54, 1.807) is 0 Å². The van der Waals surface area contributed by atoms with Gasteiger partial charge in [-0.1, -0.05) is 6.08 Å². The molecule has 1 unspecified atom stereocenters. The van der Waals surface area contributed by atoms with Crippen LogP contribution in [0.15, 0.2) is 12.7 Å². The molecule has 15 heavy (non-hydrogen) atoms. The van der Waals surface area contributed by atoms with Crippen LogP contribution in [0.1, 0.15) is 13.3 Å². The van der Waals surface area contributed by atoms with Crippen LogP contribution in [-0.2, 0) is 9.59 Å². The lowest BCUT2D eigenvalue weighted by atomic mass is 9.94. The number of nitrogens with one attached hydrogen (secondary N) is 1. The number of aliphatic hydroxyl groups is 1. The number of aliphatic hydroxyl groups excluding tert-OH is 1. The van der Waals surface area contributed by atoms with Crippen LogP contribution >= 0.6 is 12.6 Å². The van der Waals surface area contributed by atoms with Crippen molar-refractivity contribution in [1.82, 2.24) is 5.32 Å². The number of hydrogen-bond acceptors (Lipinski definition) is 4. The van der Waals surface area contributed by atoms with E-state index in [0.717, 1.165) is 0 Å². The number of carboxylic acid groups (broad SMARTS) is 1. The van der Waals surface area contributed by atoms with Gasteiger partial charge in [0.05, 0.1) is 6.10 Å². The third-order valence-corrected chi connectivity index (χ3v) is 2.46. The largest absolute Gasteiger partial charge is 0.479 e. The van der Waals surface area contributed by atoms with Gasteiger partial charge >= 0.3 is 5.97 Å². The first-order valence-corrected chi connectivity index (χ1v) is 4.95. The van der Waals surface area contributed by atoms with E-state index in [0.29, 0.717) is 0 Å². The Labute approximate surface area is 93.6 Å². The third kappa shape index (κ3) is 3.93. The number of carboxylic acids is 1. The van der Waals surface area contributed by atoms with E-state index in [1.165, 1.54) is 13.0 Å². The van der Waals surface area contributed by atoms with Crippen molar-refractivity contribution in [2.75, 3.05) is 5.75 Å². The van der Waals surface area contributed by atoms with E-state index >= 15 is 0 Å². The van der Waals surface area contributed by atoms with Gasteiger partial charge in [0.2, 0.25) is 5.91 Å². The summed E-state index contributed by atoms with van der Waals surface area (Å²) in [6, 6.07) is 0. The average Bonchev–Trinajstić information content (AvgIpc) is 2.15. The van der Waals surface area contributed by atoms with Crippen molar-refractivity contribution in [3.8, 4) is 0 Å². The van der Waals surface area contributed by atoms with Gasteiger partial charge in [-0.25, -0.2) is 4.79 Å². The number of aliphatic carboxylic acids is 1. The molecule has 0 aromatic rings. The van der Waals surface area contributed by atoms with E-state index in [4.69, 9.17) is 5.11 Å². The molecule has 0 aromatic heterocycles. The molecule has 0 aromatic carbocycles. The highest BCUT2D eigenvalue weighted by Crippen LogP contribution is 2.16. The summed E-state index contributed by atoms with van der Waals surface area (Å²) in [6.45, 7) is 4.55. The number of amides is 1. The van der Waals surface area contributed by atoms with Gasteiger partial charge in [0.1, 0.15) is 5.54 Å². The fourth-order valence-electron chi connectivity index (χ4n) is 1.14. The van der Waals surface area contributed by atoms with Crippen molar-refractivity contribution in [3.63, 3.8) is 0 Å². The Bertz CT molecular complexity index is 269. The van der Waals surface area contributed by atoms with Crippen molar-refractivity contribution in [2.45, 2.75) is 25.0 Å². The fourth-order valence-corrected chi connectivity index (χ4v) is 1.48. The van der Waals surface area contributed by atoms with Crippen LogP contribution in [0.5, 0.6) is 0 Å². The van der Waals surface area contributed by atoms with Gasteiger partial charge in [-0.2, -0.15) is 12.6 Å². The summed E-state index contributed by atoms with van der Waals surface area (Å²) in [4.78, 5) is 21.9.